The van der Waals surface area contributed by atoms with Crippen LogP contribution in [0.25, 0.3) is 0 Å². The zero-order chi connectivity index (χ0) is 34.8. The Morgan fingerprint density at radius 2 is 1.72 bits per heavy atom. The largest absolute Gasteiger partial charge is 0.491 e. The Labute approximate surface area is 306 Å². The van der Waals surface area contributed by atoms with Gasteiger partial charge in [-0.1, -0.05) is 44.4 Å². The number of amides is 1. The second-order valence-corrected chi connectivity index (χ2v) is 17.6. The third-order valence-electron chi connectivity index (χ3n) is 12.4. The van der Waals surface area contributed by atoms with E-state index in [1.807, 2.05) is 25.1 Å². The van der Waals surface area contributed by atoms with E-state index in [2.05, 4.69) is 40.5 Å². The first-order valence-corrected chi connectivity index (χ1v) is 20.9. The molecule has 1 saturated carbocycles. The number of carbonyl (C=O) groups is 1. The second kappa shape index (κ2) is 16.2. The van der Waals surface area contributed by atoms with Crippen molar-refractivity contribution in [2.24, 2.45) is 23.7 Å². The third kappa shape index (κ3) is 7.92. The van der Waals surface area contributed by atoms with Gasteiger partial charge in [0, 0.05) is 35.5 Å². The predicted molar refractivity (Wildman–Crippen MR) is 200 cm³/mol. The van der Waals surface area contributed by atoms with E-state index in [1.165, 1.54) is 30.4 Å². The van der Waals surface area contributed by atoms with Gasteiger partial charge in [0.05, 0.1) is 36.8 Å². The molecule has 7 atom stereocenters. The highest BCUT2D eigenvalue weighted by atomic mass is 35.5. The molecule has 2 saturated heterocycles. The van der Waals surface area contributed by atoms with Crippen molar-refractivity contribution in [3.8, 4) is 5.75 Å². The van der Waals surface area contributed by atoms with Crippen molar-refractivity contribution in [2.45, 2.75) is 102 Å². The number of likely N-dealkylation sites (tertiary alicyclic amines) is 1. The van der Waals surface area contributed by atoms with Crippen LogP contribution in [-0.4, -0.2) is 78.6 Å². The predicted octanol–water partition coefficient (Wildman–Crippen LogP) is 7.36. The number of hydrogen-bond donors (Lipinski definition) is 1. The quantitative estimate of drug-likeness (QED) is 0.345. The van der Waals surface area contributed by atoms with Gasteiger partial charge in [-0.25, -0.2) is 4.21 Å². The van der Waals surface area contributed by atoms with Gasteiger partial charge in [0.15, 0.2) is 6.29 Å². The number of benzene rings is 2. The van der Waals surface area contributed by atoms with Gasteiger partial charge in [0.1, 0.15) is 16.7 Å². The molecule has 4 aliphatic heterocycles. The zero-order valence-electron chi connectivity index (χ0n) is 30.1. The molecule has 1 N–H and O–H groups in total. The molecule has 50 heavy (non-hydrogen) atoms. The molecule has 3 fully saturated rings. The van der Waals surface area contributed by atoms with Gasteiger partial charge >= 0.3 is 0 Å². The minimum Gasteiger partial charge on any atom is -0.491 e. The highest BCUT2D eigenvalue weighted by Crippen LogP contribution is 2.47. The van der Waals surface area contributed by atoms with Crippen molar-refractivity contribution in [2.75, 3.05) is 50.9 Å². The Morgan fingerprint density at radius 1 is 0.920 bits per heavy atom. The maximum absolute atomic E-state index is 13.5. The van der Waals surface area contributed by atoms with Crippen LogP contribution in [0, 0.1) is 23.7 Å². The molecule has 7 unspecified atom stereocenters. The van der Waals surface area contributed by atoms with Gasteiger partial charge < -0.3 is 19.1 Å². The highest BCUT2D eigenvalue weighted by Gasteiger charge is 2.44. The SMILES string of the molecule is CCCc1cc(Cl)ccc1C1COc2ccc3cc2N(C1)CC1CCC1C(C1OCC(N2CCCC2)CO1)CCCC(C)C(C)S(=O)NC3=O. The first-order chi connectivity index (χ1) is 24.3. The lowest BCUT2D eigenvalue weighted by molar-refractivity contribution is -0.242. The second-order valence-electron chi connectivity index (χ2n) is 15.6. The molecule has 0 aromatic heterocycles. The van der Waals surface area contributed by atoms with E-state index in [0.717, 1.165) is 94.4 Å². The Bertz CT molecular complexity index is 1510. The summed E-state index contributed by atoms with van der Waals surface area (Å²) in [7, 11) is -1.50. The summed E-state index contributed by atoms with van der Waals surface area (Å²) in [6.45, 7) is 12.3. The van der Waals surface area contributed by atoms with Gasteiger partial charge in [-0.3, -0.25) is 14.4 Å². The van der Waals surface area contributed by atoms with E-state index in [-0.39, 0.29) is 29.3 Å². The van der Waals surface area contributed by atoms with Crippen LogP contribution in [0.4, 0.5) is 5.69 Å². The Morgan fingerprint density at radius 3 is 2.46 bits per heavy atom. The highest BCUT2D eigenvalue weighted by molar-refractivity contribution is 7.84. The summed E-state index contributed by atoms with van der Waals surface area (Å²) in [5.41, 5.74) is 4.01. The molecule has 5 aliphatic rings. The average Bonchev–Trinajstić information content (AvgIpc) is 3.59. The van der Waals surface area contributed by atoms with Gasteiger partial charge in [-0.2, -0.15) is 0 Å². The number of halogens is 1. The lowest BCUT2D eigenvalue weighted by atomic mass is 9.65. The zero-order valence-corrected chi connectivity index (χ0v) is 31.7. The van der Waals surface area contributed by atoms with E-state index in [0.29, 0.717) is 36.0 Å². The van der Waals surface area contributed by atoms with Gasteiger partial charge in [-0.05, 0) is 124 Å². The van der Waals surface area contributed by atoms with Crippen molar-refractivity contribution in [3.63, 3.8) is 0 Å². The summed E-state index contributed by atoms with van der Waals surface area (Å²) in [5.74, 6) is 2.10. The molecule has 1 aliphatic carbocycles. The van der Waals surface area contributed by atoms with E-state index in [1.54, 1.807) is 6.07 Å². The molecule has 4 heterocycles. The normalized spacial score (nSPS) is 34.2. The fourth-order valence-electron chi connectivity index (χ4n) is 9.11. The number of nitrogens with zero attached hydrogens (tertiary/aromatic N) is 2. The minimum absolute atomic E-state index is 0.140. The Hall–Kier alpha value is -2.17. The number of carbonyl (C=O) groups excluding carboxylic acids is 1. The van der Waals surface area contributed by atoms with Crippen molar-refractivity contribution in [1.29, 1.82) is 0 Å². The van der Waals surface area contributed by atoms with Gasteiger partial charge in [0.2, 0.25) is 0 Å². The van der Waals surface area contributed by atoms with Crippen LogP contribution in [-0.2, 0) is 26.9 Å². The minimum atomic E-state index is -1.50. The first-order valence-electron chi connectivity index (χ1n) is 19.3. The number of rotatable bonds is 5. The van der Waals surface area contributed by atoms with E-state index in [9.17, 15) is 9.00 Å². The molecule has 7 rings (SSSR count). The summed E-state index contributed by atoms with van der Waals surface area (Å²) in [4.78, 5) is 18.5. The van der Waals surface area contributed by atoms with Crippen molar-refractivity contribution < 1.29 is 23.2 Å². The molecule has 0 spiro atoms. The molecule has 2 bridgehead atoms. The average molecular weight is 726 g/mol. The summed E-state index contributed by atoms with van der Waals surface area (Å²) in [5, 5.41) is 0.599. The molecule has 2 aromatic rings. The number of anilines is 1. The Balaban J connectivity index is 1.20. The van der Waals surface area contributed by atoms with Crippen LogP contribution in [0.2, 0.25) is 5.02 Å². The molecule has 10 heteroatoms. The standard InChI is InChI=1S/C40H56ClN3O5S/c1-4-8-28-19-32(41)13-15-34(28)31-22-44-21-30-11-14-35(30)36(40-48-24-33(25-49-40)43-17-5-6-18-43)10-7-9-26(2)27(3)50(46)42-39(45)29-12-16-38(47-23-31)37(44)20-29/h12-13,15-16,19-20,26-27,30-31,33,35-36,40H,4-11,14,17-18,21-25H2,1-3H3,(H,42,45). The van der Waals surface area contributed by atoms with E-state index >= 15 is 0 Å². The third-order valence-corrected chi connectivity index (χ3v) is 14.2. The molecule has 1 amide bonds. The maximum Gasteiger partial charge on any atom is 0.263 e. The van der Waals surface area contributed by atoms with Crippen molar-refractivity contribution in [1.82, 2.24) is 9.62 Å². The number of ether oxygens (including phenoxy) is 3. The molecule has 274 valence electrons. The lowest BCUT2D eigenvalue weighted by Gasteiger charge is -2.48. The van der Waals surface area contributed by atoms with Crippen LogP contribution in [0.15, 0.2) is 36.4 Å². The number of hydrogen-bond acceptors (Lipinski definition) is 7. The first kappa shape index (κ1) is 36.2. The maximum atomic E-state index is 13.5. The summed E-state index contributed by atoms with van der Waals surface area (Å²) in [6.07, 6.45) is 9.67. The van der Waals surface area contributed by atoms with Crippen LogP contribution in [0.1, 0.15) is 99.5 Å². The van der Waals surface area contributed by atoms with Crippen molar-refractivity contribution >= 4 is 34.2 Å². The number of fused-ring (bicyclic) bond motifs is 2. The number of aryl methyl sites for hydroxylation is 1. The fourth-order valence-corrected chi connectivity index (χ4v) is 10.4. The summed E-state index contributed by atoms with van der Waals surface area (Å²) >= 11 is 6.49. The number of nitrogens with one attached hydrogen (secondary N) is 1. The van der Waals surface area contributed by atoms with Gasteiger partial charge in [0.25, 0.3) is 5.91 Å². The molecular weight excluding hydrogens is 670 g/mol. The smallest absolute Gasteiger partial charge is 0.263 e. The van der Waals surface area contributed by atoms with E-state index < -0.39 is 11.0 Å². The topological polar surface area (TPSA) is 80.3 Å². The van der Waals surface area contributed by atoms with Gasteiger partial charge in [-0.15, -0.1) is 0 Å². The summed E-state index contributed by atoms with van der Waals surface area (Å²) < 4.78 is 36.1. The van der Waals surface area contributed by atoms with E-state index in [4.69, 9.17) is 25.8 Å². The lowest BCUT2D eigenvalue weighted by Crippen LogP contribution is -2.51. The molecule has 0 radical (unpaired) electrons. The van der Waals surface area contributed by atoms with Crippen LogP contribution < -0.4 is 14.4 Å². The molecular formula is C40H56ClN3O5S. The van der Waals surface area contributed by atoms with Crippen LogP contribution in [0.5, 0.6) is 5.75 Å². The fraction of sp³-hybridized carbons (Fsp3) is 0.675. The van der Waals surface area contributed by atoms with Crippen LogP contribution in [0.3, 0.4) is 0 Å². The molecule has 2 aromatic carbocycles. The summed E-state index contributed by atoms with van der Waals surface area (Å²) in [6, 6.07) is 12.3. The Kier molecular flexibility index (Phi) is 11.8. The van der Waals surface area contributed by atoms with Crippen LogP contribution >= 0.6 is 11.6 Å². The monoisotopic (exact) mass is 725 g/mol. The van der Waals surface area contributed by atoms with Crippen molar-refractivity contribution in [3.05, 3.63) is 58.1 Å². The molecule has 8 nitrogen and oxygen atoms in total.